The maximum absolute atomic E-state index is 11.8. The first kappa shape index (κ1) is 20.6. The second-order valence-electron chi connectivity index (χ2n) is 5.56. The highest BCUT2D eigenvalue weighted by Gasteiger charge is 2.15. The molecule has 9 nitrogen and oxygen atoms in total. The van der Waals surface area contributed by atoms with Crippen LogP contribution in [-0.2, 0) is 4.79 Å². The summed E-state index contributed by atoms with van der Waals surface area (Å²) in [6.07, 6.45) is 0.775. The lowest BCUT2D eigenvalue weighted by atomic mass is 10.2. The largest absolute Gasteiger partial charge is 0.493 e. The van der Waals surface area contributed by atoms with Crippen molar-refractivity contribution in [1.29, 1.82) is 0 Å². The van der Waals surface area contributed by atoms with Crippen molar-refractivity contribution in [1.82, 2.24) is 20.8 Å². The van der Waals surface area contributed by atoms with Crippen molar-refractivity contribution >= 4 is 23.7 Å². The molecule has 27 heavy (non-hydrogen) atoms. The topological polar surface area (TPSA) is 116 Å². The van der Waals surface area contributed by atoms with E-state index in [1.807, 2.05) is 13.8 Å². The lowest BCUT2D eigenvalue weighted by Crippen LogP contribution is -2.43. The van der Waals surface area contributed by atoms with Gasteiger partial charge in [0.15, 0.2) is 11.5 Å². The molecular weight excluding hydrogens is 372 g/mol. The normalized spacial score (nSPS) is 11.6. The molecule has 0 aliphatic heterocycles. The Balaban J connectivity index is 1.92. The van der Waals surface area contributed by atoms with E-state index in [1.54, 1.807) is 25.3 Å². The summed E-state index contributed by atoms with van der Waals surface area (Å²) in [6, 6.07) is 4.67. The third-order valence-corrected chi connectivity index (χ3v) is 4.42. The number of aromatic nitrogens is 2. The molecule has 3 amide bonds. The zero-order valence-corrected chi connectivity index (χ0v) is 16.4. The molecule has 1 aromatic carbocycles. The Labute approximate surface area is 161 Å². The average molecular weight is 394 g/mol. The molecule has 0 spiro atoms. The number of carbonyl (C=O) groups is 2. The van der Waals surface area contributed by atoms with Gasteiger partial charge < -0.3 is 19.2 Å². The number of amides is 3. The number of rotatable bonds is 8. The van der Waals surface area contributed by atoms with Crippen molar-refractivity contribution in [2.75, 3.05) is 20.0 Å². The zero-order chi connectivity index (χ0) is 19.8. The Kier molecular flexibility index (Phi) is 7.47. The van der Waals surface area contributed by atoms with Gasteiger partial charge in [-0.15, -0.1) is 10.2 Å². The second-order valence-corrected chi connectivity index (χ2v) is 6.49. The minimum Gasteiger partial charge on any atom is -0.493 e. The summed E-state index contributed by atoms with van der Waals surface area (Å²) in [6.45, 7) is 3.79. The van der Waals surface area contributed by atoms with Crippen LogP contribution in [0.15, 0.2) is 27.8 Å². The highest BCUT2D eigenvalue weighted by molar-refractivity contribution is 7.99. The van der Waals surface area contributed by atoms with Crippen LogP contribution < -0.4 is 20.1 Å². The SMILES string of the molecule is CC[C@H](C)NC(=O)NC(=O)CSc1nnc(-c2ccc(OC)c(OC)c2)o1. The maximum Gasteiger partial charge on any atom is 0.321 e. The van der Waals surface area contributed by atoms with E-state index in [-0.39, 0.29) is 22.9 Å². The standard InChI is InChI=1S/C17H22N4O5S/c1-5-10(2)18-16(23)19-14(22)9-27-17-21-20-15(26-17)11-6-7-12(24-3)13(8-11)25-4/h6-8,10H,5,9H2,1-4H3,(H2,18,19,22,23)/t10-/m0/s1. The van der Waals surface area contributed by atoms with Gasteiger partial charge >= 0.3 is 6.03 Å². The minimum absolute atomic E-state index is 0.00885. The fourth-order valence-corrected chi connectivity index (χ4v) is 2.57. The number of nitrogens with zero attached hydrogens (tertiary/aromatic N) is 2. The average Bonchev–Trinajstić information content (AvgIpc) is 3.14. The van der Waals surface area contributed by atoms with Crippen LogP contribution >= 0.6 is 11.8 Å². The molecule has 1 heterocycles. The fraction of sp³-hybridized carbons (Fsp3) is 0.412. The van der Waals surface area contributed by atoms with Crippen molar-refractivity contribution in [3.63, 3.8) is 0 Å². The maximum atomic E-state index is 11.8. The van der Waals surface area contributed by atoms with Gasteiger partial charge in [-0.1, -0.05) is 18.7 Å². The summed E-state index contributed by atoms with van der Waals surface area (Å²) in [5, 5.41) is 13.0. The number of imide groups is 1. The van der Waals surface area contributed by atoms with Gasteiger partial charge in [-0.3, -0.25) is 10.1 Å². The first-order valence-electron chi connectivity index (χ1n) is 8.25. The van der Waals surface area contributed by atoms with Gasteiger partial charge in [-0.05, 0) is 31.5 Å². The molecule has 146 valence electrons. The summed E-state index contributed by atoms with van der Waals surface area (Å²) in [5.41, 5.74) is 0.657. The molecule has 0 bridgehead atoms. The Bertz CT molecular complexity index is 795. The Morgan fingerprint density at radius 3 is 2.63 bits per heavy atom. The summed E-state index contributed by atoms with van der Waals surface area (Å²) in [5.74, 6) is 0.929. The Morgan fingerprint density at radius 1 is 1.22 bits per heavy atom. The molecule has 0 aliphatic carbocycles. The van der Waals surface area contributed by atoms with Crippen LogP contribution in [0.25, 0.3) is 11.5 Å². The van der Waals surface area contributed by atoms with E-state index >= 15 is 0 Å². The molecule has 1 atom stereocenters. The van der Waals surface area contributed by atoms with Crippen molar-refractivity contribution < 1.29 is 23.5 Å². The Hall–Kier alpha value is -2.75. The van der Waals surface area contributed by atoms with Gasteiger partial charge in [0.2, 0.25) is 11.8 Å². The predicted molar refractivity (Wildman–Crippen MR) is 100.0 cm³/mol. The lowest BCUT2D eigenvalue weighted by Gasteiger charge is -2.11. The third-order valence-electron chi connectivity index (χ3n) is 3.61. The number of urea groups is 1. The molecular formula is C17H22N4O5S. The smallest absolute Gasteiger partial charge is 0.321 e. The van der Waals surface area contributed by atoms with Gasteiger partial charge in [-0.25, -0.2) is 4.79 Å². The number of nitrogens with one attached hydrogen (secondary N) is 2. The van der Waals surface area contributed by atoms with Crippen LogP contribution in [0.3, 0.4) is 0 Å². The van der Waals surface area contributed by atoms with E-state index in [9.17, 15) is 9.59 Å². The zero-order valence-electron chi connectivity index (χ0n) is 15.6. The van der Waals surface area contributed by atoms with Gasteiger partial charge in [0, 0.05) is 11.6 Å². The third kappa shape index (κ3) is 5.88. The molecule has 1 aromatic heterocycles. The number of methoxy groups -OCH3 is 2. The monoisotopic (exact) mass is 394 g/mol. The minimum atomic E-state index is -0.522. The van der Waals surface area contributed by atoms with Crippen molar-refractivity contribution in [2.45, 2.75) is 31.5 Å². The number of hydrogen-bond acceptors (Lipinski definition) is 8. The van der Waals surface area contributed by atoms with Gasteiger partial charge in [-0.2, -0.15) is 0 Å². The van der Waals surface area contributed by atoms with Crippen LogP contribution in [0.4, 0.5) is 4.79 Å². The van der Waals surface area contributed by atoms with Crippen LogP contribution in [0.2, 0.25) is 0 Å². The quantitative estimate of drug-likeness (QED) is 0.656. The van der Waals surface area contributed by atoms with Crippen LogP contribution in [0, 0.1) is 0 Å². The van der Waals surface area contributed by atoms with Crippen LogP contribution in [-0.4, -0.2) is 48.1 Å². The molecule has 0 radical (unpaired) electrons. The van der Waals surface area contributed by atoms with E-state index in [0.717, 1.165) is 18.2 Å². The number of benzene rings is 1. The molecule has 0 aliphatic rings. The van der Waals surface area contributed by atoms with Gasteiger partial charge in [0.25, 0.3) is 5.22 Å². The Morgan fingerprint density at radius 2 is 1.96 bits per heavy atom. The molecule has 0 unspecified atom stereocenters. The van der Waals surface area contributed by atoms with Gasteiger partial charge in [0.05, 0.1) is 20.0 Å². The fourth-order valence-electron chi connectivity index (χ4n) is 2.01. The van der Waals surface area contributed by atoms with E-state index in [2.05, 4.69) is 20.8 Å². The lowest BCUT2D eigenvalue weighted by molar-refractivity contribution is -0.117. The van der Waals surface area contributed by atoms with Crippen LogP contribution in [0.5, 0.6) is 11.5 Å². The molecule has 2 rings (SSSR count). The number of thioether (sulfide) groups is 1. The number of carbonyl (C=O) groups excluding carboxylic acids is 2. The highest BCUT2D eigenvalue weighted by Crippen LogP contribution is 2.32. The second kappa shape index (κ2) is 9.81. The van der Waals surface area contributed by atoms with Crippen molar-refractivity contribution in [3.05, 3.63) is 18.2 Å². The number of ether oxygens (including phenoxy) is 2. The summed E-state index contributed by atoms with van der Waals surface area (Å²) in [4.78, 5) is 23.4. The molecule has 0 saturated carbocycles. The number of hydrogen-bond donors (Lipinski definition) is 2. The summed E-state index contributed by atoms with van der Waals surface area (Å²) < 4.78 is 16.0. The first-order valence-corrected chi connectivity index (χ1v) is 9.24. The summed E-state index contributed by atoms with van der Waals surface area (Å²) >= 11 is 1.04. The van der Waals surface area contributed by atoms with E-state index < -0.39 is 11.9 Å². The van der Waals surface area contributed by atoms with Crippen molar-refractivity contribution in [3.8, 4) is 23.0 Å². The van der Waals surface area contributed by atoms with Crippen molar-refractivity contribution in [2.24, 2.45) is 0 Å². The highest BCUT2D eigenvalue weighted by atomic mass is 32.2. The van der Waals surface area contributed by atoms with Gasteiger partial charge in [0.1, 0.15) is 0 Å². The van der Waals surface area contributed by atoms with Crippen LogP contribution in [0.1, 0.15) is 20.3 Å². The van der Waals surface area contributed by atoms with E-state index in [4.69, 9.17) is 13.9 Å². The first-order chi connectivity index (χ1) is 13.0. The molecule has 2 aromatic rings. The summed E-state index contributed by atoms with van der Waals surface area (Å²) in [7, 11) is 3.08. The predicted octanol–water partition coefficient (Wildman–Crippen LogP) is 2.47. The molecule has 2 N–H and O–H groups in total. The molecule has 10 heteroatoms. The molecule has 0 saturated heterocycles. The van der Waals surface area contributed by atoms with E-state index in [1.165, 1.54) is 7.11 Å². The molecule has 0 fully saturated rings. The van der Waals surface area contributed by atoms with E-state index in [0.29, 0.717) is 17.1 Å².